The molecule has 0 atom stereocenters. The Balaban J connectivity index is 1.28. The highest BCUT2D eigenvalue weighted by Crippen LogP contribution is 2.43. The second-order valence-electron chi connectivity index (χ2n) is 12.6. The minimum Gasteiger partial charge on any atom is -0.310 e. The Hall–Kier alpha value is -6.06. The summed E-state index contributed by atoms with van der Waals surface area (Å²) in [6.07, 6.45) is 13.3. The Bertz CT molecular complexity index is 2390. The molecule has 0 bridgehead atoms. The van der Waals surface area contributed by atoms with Crippen molar-refractivity contribution in [3.63, 3.8) is 0 Å². The van der Waals surface area contributed by atoms with Crippen molar-refractivity contribution < 1.29 is 9.59 Å². The minimum absolute atomic E-state index is 0.170. The number of fused-ring (bicyclic) bond motifs is 3. The monoisotopic (exact) mass is 635 g/mol. The second kappa shape index (κ2) is 13.2. The molecule has 0 amide bonds. The summed E-state index contributed by atoms with van der Waals surface area (Å²) >= 11 is 0. The third-order valence-corrected chi connectivity index (χ3v) is 9.43. The van der Waals surface area contributed by atoms with Crippen molar-refractivity contribution in [2.75, 3.05) is 4.90 Å². The SMILES string of the molecule is C=Cc1cc(C(C)=O)c(C(=O)C=Cc2ccc3cc(N(c4ccc5c(c4)C=CCC5)c4c(C)ccc5ccccc45)ccc3c2)cc1C=C. The van der Waals surface area contributed by atoms with Gasteiger partial charge in [0.15, 0.2) is 11.6 Å². The topological polar surface area (TPSA) is 37.4 Å². The average molecular weight is 636 g/mol. The summed E-state index contributed by atoms with van der Waals surface area (Å²) in [5.41, 5.74) is 10.4. The number of Topliss-reactive ketones (excluding diaryl/α,β-unsaturated/α-hetero) is 1. The van der Waals surface area contributed by atoms with Gasteiger partial charge < -0.3 is 4.90 Å². The van der Waals surface area contributed by atoms with Crippen LogP contribution in [0.4, 0.5) is 17.1 Å². The highest BCUT2D eigenvalue weighted by molar-refractivity contribution is 6.14. The smallest absolute Gasteiger partial charge is 0.186 e. The van der Waals surface area contributed by atoms with Gasteiger partial charge in [-0.2, -0.15) is 0 Å². The van der Waals surface area contributed by atoms with Crippen LogP contribution < -0.4 is 4.90 Å². The Kier molecular flexibility index (Phi) is 8.50. The molecule has 0 fully saturated rings. The zero-order valence-corrected chi connectivity index (χ0v) is 27.9. The lowest BCUT2D eigenvalue weighted by Gasteiger charge is -2.29. The van der Waals surface area contributed by atoms with Crippen LogP contribution in [0.5, 0.6) is 0 Å². The summed E-state index contributed by atoms with van der Waals surface area (Å²) in [7, 11) is 0. The normalized spacial score (nSPS) is 12.3. The molecule has 0 aromatic heterocycles. The fraction of sp³-hybridized carbons (Fsp3) is 0.0870. The predicted molar refractivity (Wildman–Crippen MR) is 208 cm³/mol. The van der Waals surface area contributed by atoms with E-state index in [2.05, 4.69) is 122 Å². The lowest BCUT2D eigenvalue weighted by atomic mass is 9.93. The first-order chi connectivity index (χ1) is 23.8. The fourth-order valence-corrected chi connectivity index (χ4v) is 6.86. The van der Waals surface area contributed by atoms with E-state index in [1.807, 2.05) is 6.07 Å². The van der Waals surface area contributed by atoms with Crippen molar-refractivity contribution >= 4 is 74.5 Å². The maximum atomic E-state index is 13.4. The van der Waals surface area contributed by atoms with E-state index in [9.17, 15) is 9.59 Å². The van der Waals surface area contributed by atoms with E-state index < -0.39 is 0 Å². The number of carbonyl (C=O) groups is 2. The average Bonchev–Trinajstić information content (AvgIpc) is 3.14. The standard InChI is InChI=1S/C46H37NO2/c1-5-33-28-43(31(4)48)44(29-34(33)6-2)45(49)24-17-32-16-19-39-27-41(23-21-38(39)25-32)47(40-22-20-35-11-7-8-13-37(35)26-40)46-30(3)15-18-36-12-9-10-14-42(36)46/h5-6,8-10,12-29H,1-2,7,11H2,3-4H3. The number of benzene rings is 6. The number of aryl methyl sites for hydroxylation is 2. The van der Waals surface area contributed by atoms with Crippen molar-refractivity contribution in [2.24, 2.45) is 0 Å². The third-order valence-electron chi connectivity index (χ3n) is 9.43. The Morgan fingerprint density at radius 2 is 1.43 bits per heavy atom. The van der Waals surface area contributed by atoms with Crippen molar-refractivity contribution in [1.82, 2.24) is 0 Å². The molecular formula is C46H37NO2. The number of rotatable bonds is 9. The zero-order chi connectivity index (χ0) is 34.1. The number of ketones is 2. The molecule has 6 aromatic rings. The van der Waals surface area contributed by atoms with E-state index in [4.69, 9.17) is 0 Å². The molecule has 0 aliphatic heterocycles. The number of hydrogen-bond acceptors (Lipinski definition) is 3. The first-order valence-electron chi connectivity index (χ1n) is 16.6. The van der Waals surface area contributed by atoms with E-state index in [1.165, 1.54) is 46.1 Å². The summed E-state index contributed by atoms with van der Waals surface area (Å²) in [6.45, 7) is 11.3. The molecule has 0 spiro atoms. The number of carbonyl (C=O) groups excluding carboxylic acids is 2. The first kappa shape index (κ1) is 31.5. The lowest BCUT2D eigenvalue weighted by molar-refractivity contribution is 0.0993. The molecule has 1 aliphatic rings. The van der Waals surface area contributed by atoms with Crippen LogP contribution >= 0.6 is 0 Å². The molecule has 0 unspecified atom stereocenters. The van der Waals surface area contributed by atoms with Crippen LogP contribution in [0.2, 0.25) is 0 Å². The van der Waals surface area contributed by atoms with Crippen LogP contribution in [0.3, 0.4) is 0 Å². The first-order valence-corrected chi connectivity index (χ1v) is 16.6. The summed E-state index contributed by atoms with van der Waals surface area (Å²) in [5.74, 6) is -0.406. The van der Waals surface area contributed by atoms with Gasteiger partial charge in [-0.3, -0.25) is 9.59 Å². The molecule has 0 radical (unpaired) electrons. The van der Waals surface area contributed by atoms with E-state index in [-0.39, 0.29) is 11.6 Å². The molecule has 49 heavy (non-hydrogen) atoms. The zero-order valence-electron chi connectivity index (χ0n) is 27.9. The number of allylic oxidation sites excluding steroid dienone is 2. The van der Waals surface area contributed by atoms with Gasteiger partial charge in [-0.1, -0.05) is 104 Å². The maximum Gasteiger partial charge on any atom is 0.186 e. The quantitative estimate of drug-likeness (QED) is 0.117. The van der Waals surface area contributed by atoms with Gasteiger partial charge in [-0.15, -0.1) is 0 Å². The molecule has 6 aromatic carbocycles. The third kappa shape index (κ3) is 6.08. The van der Waals surface area contributed by atoms with E-state index >= 15 is 0 Å². The summed E-state index contributed by atoms with van der Waals surface area (Å²) in [4.78, 5) is 28.2. The molecule has 7 rings (SSSR count). The van der Waals surface area contributed by atoms with Crippen LogP contribution in [0, 0.1) is 6.92 Å². The fourth-order valence-electron chi connectivity index (χ4n) is 6.86. The lowest BCUT2D eigenvalue weighted by Crippen LogP contribution is -2.13. The van der Waals surface area contributed by atoms with Crippen molar-refractivity contribution in [3.05, 3.63) is 173 Å². The highest BCUT2D eigenvalue weighted by Gasteiger charge is 2.20. The van der Waals surface area contributed by atoms with Crippen molar-refractivity contribution in [2.45, 2.75) is 26.7 Å². The summed E-state index contributed by atoms with van der Waals surface area (Å²) in [5, 5.41) is 4.56. The highest BCUT2D eigenvalue weighted by atomic mass is 16.1. The summed E-state index contributed by atoms with van der Waals surface area (Å²) < 4.78 is 0. The number of nitrogens with zero attached hydrogens (tertiary/aromatic N) is 1. The van der Waals surface area contributed by atoms with Crippen LogP contribution in [0.1, 0.15) is 67.4 Å². The molecular weight excluding hydrogens is 599 g/mol. The van der Waals surface area contributed by atoms with Crippen LogP contribution in [-0.4, -0.2) is 11.6 Å². The van der Waals surface area contributed by atoms with Crippen molar-refractivity contribution in [3.8, 4) is 0 Å². The molecule has 0 saturated carbocycles. The van der Waals surface area contributed by atoms with Gasteiger partial charge >= 0.3 is 0 Å². The van der Waals surface area contributed by atoms with E-state index in [0.717, 1.165) is 51.7 Å². The van der Waals surface area contributed by atoms with Crippen LogP contribution in [-0.2, 0) is 6.42 Å². The Morgan fingerprint density at radius 1 is 0.735 bits per heavy atom. The van der Waals surface area contributed by atoms with Gasteiger partial charge in [0.1, 0.15) is 0 Å². The molecule has 3 heteroatoms. The largest absolute Gasteiger partial charge is 0.310 e. The second-order valence-corrected chi connectivity index (χ2v) is 12.6. The van der Waals surface area contributed by atoms with Gasteiger partial charge in [-0.05, 0) is 125 Å². The Morgan fingerprint density at radius 3 is 2.22 bits per heavy atom. The number of anilines is 3. The molecule has 3 nitrogen and oxygen atoms in total. The van der Waals surface area contributed by atoms with Gasteiger partial charge in [0.25, 0.3) is 0 Å². The van der Waals surface area contributed by atoms with Crippen LogP contribution in [0.15, 0.2) is 128 Å². The number of hydrogen-bond donors (Lipinski definition) is 0. The van der Waals surface area contributed by atoms with Crippen molar-refractivity contribution in [1.29, 1.82) is 0 Å². The minimum atomic E-state index is -0.236. The summed E-state index contributed by atoms with van der Waals surface area (Å²) in [6, 6.07) is 36.0. The van der Waals surface area contributed by atoms with Gasteiger partial charge in [0.05, 0.1) is 5.69 Å². The molecule has 1 aliphatic carbocycles. The maximum absolute atomic E-state index is 13.4. The van der Waals surface area contributed by atoms with Gasteiger partial charge in [0.2, 0.25) is 0 Å². The molecule has 0 N–H and O–H groups in total. The van der Waals surface area contributed by atoms with E-state index in [1.54, 1.807) is 30.4 Å². The molecule has 238 valence electrons. The predicted octanol–water partition coefficient (Wildman–Crippen LogP) is 12.1. The van der Waals surface area contributed by atoms with E-state index in [0.29, 0.717) is 11.1 Å². The Labute approximate surface area is 287 Å². The molecule has 0 saturated heterocycles. The van der Waals surface area contributed by atoms with Gasteiger partial charge in [0, 0.05) is 27.9 Å². The van der Waals surface area contributed by atoms with Crippen LogP contribution in [0.25, 0.3) is 45.8 Å². The molecule has 0 heterocycles. The van der Waals surface area contributed by atoms with Gasteiger partial charge in [-0.25, -0.2) is 0 Å².